The van der Waals surface area contributed by atoms with Gasteiger partial charge in [0.25, 0.3) is 5.89 Å². The quantitative estimate of drug-likeness (QED) is 0.471. The lowest BCUT2D eigenvalue weighted by atomic mass is 10.1. The van der Waals surface area contributed by atoms with Crippen molar-refractivity contribution in [3.05, 3.63) is 64.4 Å². The van der Waals surface area contributed by atoms with Gasteiger partial charge in [0.1, 0.15) is 0 Å². The third kappa shape index (κ3) is 3.93. The first-order chi connectivity index (χ1) is 15.2. The summed E-state index contributed by atoms with van der Waals surface area (Å²) in [4.78, 5) is 17.6. The normalized spacial score (nSPS) is 15.6. The van der Waals surface area contributed by atoms with Crippen LogP contribution in [0, 0.1) is 13.8 Å². The Bertz CT molecular complexity index is 1260. The van der Waals surface area contributed by atoms with Crippen LogP contribution in [0.4, 0.5) is 0 Å². The molecule has 0 unspecified atom stereocenters. The summed E-state index contributed by atoms with van der Waals surface area (Å²) in [6.07, 6.45) is 1.72. The summed E-state index contributed by atoms with van der Waals surface area (Å²) in [5, 5.41) is 4.28. The van der Waals surface area contributed by atoms with Gasteiger partial charge in [-0.25, -0.2) is 8.42 Å². The minimum absolute atomic E-state index is 0.130. The number of halogens is 1. The minimum Gasteiger partial charge on any atom is -0.456 e. The van der Waals surface area contributed by atoms with Gasteiger partial charge >= 0.3 is 5.97 Å². The molecule has 0 bridgehead atoms. The molecular weight excluding hydrogens is 452 g/mol. The lowest BCUT2D eigenvalue weighted by Gasteiger charge is -2.27. The molecule has 1 aliphatic carbocycles. The highest BCUT2D eigenvalue weighted by atomic mass is 35.5. The van der Waals surface area contributed by atoms with E-state index in [4.69, 9.17) is 20.9 Å². The van der Waals surface area contributed by atoms with Crippen molar-refractivity contribution in [3.63, 3.8) is 0 Å². The van der Waals surface area contributed by atoms with Gasteiger partial charge in [-0.2, -0.15) is 4.98 Å². The van der Waals surface area contributed by atoms with E-state index in [9.17, 15) is 13.2 Å². The van der Waals surface area contributed by atoms with Crippen LogP contribution >= 0.6 is 11.6 Å². The van der Waals surface area contributed by atoms with Crippen molar-refractivity contribution in [2.45, 2.75) is 55.8 Å². The largest absolute Gasteiger partial charge is 0.456 e. The molecular formula is C23H23ClN2O5S. The molecule has 0 saturated heterocycles. The third-order valence-corrected chi connectivity index (χ3v) is 8.79. The standard InChI is InChI=1S/C23H23ClN2O5S/c1-15-9-10-16(2)19(13-15)32(28,29)23(11-5-6-12-23)22(27)30-14-20-25-21(31-26-20)17-7-3-4-8-18(17)24/h3-4,7-10,13H,5-6,11-12,14H2,1-2H3. The van der Waals surface area contributed by atoms with Crippen LogP contribution in [-0.4, -0.2) is 29.3 Å². The Hall–Kier alpha value is -2.71. The maximum atomic E-state index is 13.6. The highest BCUT2D eigenvalue weighted by molar-refractivity contribution is 7.93. The van der Waals surface area contributed by atoms with Crippen molar-refractivity contribution in [1.82, 2.24) is 10.1 Å². The molecule has 1 fully saturated rings. The number of carbonyl (C=O) groups is 1. The highest BCUT2D eigenvalue weighted by Gasteiger charge is 2.54. The number of carbonyl (C=O) groups excluding carboxylic acids is 1. The molecule has 9 heteroatoms. The molecule has 0 amide bonds. The fourth-order valence-corrected chi connectivity index (χ4v) is 6.63. The van der Waals surface area contributed by atoms with Crippen LogP contribution in [-0.2, 0) is 26.0 Å². The van der Waals surface area contributed by atoms with Crippen molar-refractivity contribution in [3.8, 4) is 11.5 Å². The van der Waals surface area contributed by atoms with Gasteiger partial charge in [-0.15, -0.1) is 0 Å². The second-order valence-corrected chi connectivity index (χ2v) is 10.7. The number of esters is 1. The van der Waals surface area contributed by atoms with Crippen molar-refractivity contribution < 1.29 is 22.5 Å². The van der Waals surface area contributed by atoms with Crippen LogP contribution in [0.5, 0.6) is 0 Å². The zero-order valence-electron chi connectivity index (χ0n) is 17.8. The molecule has 0 N–H and O–H groups in total. The van der Waals surface area contributed by atoms with Gasteiger partial charge < -0.3 is 9.26 Å². The average Bonchev–Trinajstić information content (AvgIpc) is 3.45. The number of hydrogen-bond donors (Lipinski definition) is 0. The SMILES string of the molecule is Cc1ccc(C)c(S(=O)(=O)C2(C(=O)OCc3noc(-c4ccccc4Cl)n3)CCCC2)c1. The second kappa shape index (κ2) is 8.67. The van der Waals surface area contributed by atoms with Crippen LogP contribution in [0.3, 0.4) is 0 Å². The molecule has 0 spiro atoms. The maximum Gasteiger partial charge on any atom is 0.328 e. The monoisotopic (exact) mass is 474 g/mol. The molecule has 0 aliphatic heterocycles. The number of sulfone groups is 1. The molecule has 1 heterocycles. The minimum atomic E-state index is -3.96. The van der Waals surface area contributed by atoms with Gasteiger partial charge in [0.2, 0.25) is 5.82 Å². The van der Waals surface area contributed by atoms with E-state index in [0.717, 1.165) is 5.56 Å². The molecule has 1 aliphatic rings. The molecule has 1 saturated carbocycles. The molecule has 168 valence electrons. The molecule has 32 heavy (non-hydrogen) atoms. The van der Waals surface area contributed by atoms with Gasteiger partial charge in [0.05, 0.1) is 15.5 Å². The summed E-state index contributed by atoms with van der Waals surface area (Å²) in [6.45, 7) is 3.26. The number of benzene rings is 2. The van der Waals surface area contributed by atoms with Crippen molar-refractivity contribution in [1.29, 1.82) is 0 Å². The summed E-state index contributed by atoms with van der Waals surface area (Å²) in [5.41, 5.74) is 1.98. The number of aryl methyl sites for hydroxylation is 2. The Kier molecular flexibility index (Phi) is 6.09. The first kappa shape index (κ1) is 22.5. The topological polar surface area (TPSA) is 99.4 Å². The lowest BCUT2D eigenvalue weighted by molar-refractivity contribution is -0.148. The van der Waals surface area contributed by atoms with Gasteiger partial charge in [-0.05, 0) is 56.0 Å². The van der Waals surface area contributed by atoms with Gasteiger partial charge in [-0.3, -0.25) is 4.79 Å². The molecule has 3 aromatic rings. The van der Waals surface area contributed by atoms with Gasteiger partial charge in [0.15, 0.2) is 21.2 Å². The summed E-state index contributed by atoms with van der Waals surface area (Å²) in [5.74, 6) is -0.453. The number of aromatic nitrogens is 2. The van der Waals surface area contributed by atoms with E-state index in [2.05, 4.69) is 10.1 Å². The second-order valence-electron chi connectivity index (χ2n) is 8.05. The van der Waals surface area contributed by atoms with Crippen molar-refractivity contribution in [2.24, 2.45) is 0 Å². The van der Waals surface area contributed by atoms with Gasteiger partial charge in [0, 0.05) is 0 Å². The van der Waals surface area contributed by atoms with E-state index < -0.39 is 20.6 Å². The Balaban J connectivity index is 1.57. The molecule has 0 radical (unpaired) electrons. The van der Waals surface area contributed by atoms with E-state index in [1.165, 1.54) is 0 Å². The Morgan fingerprint density at radius 2 is 1.88 bits per heavy atom. The molecule has 1 aromatic heterocycles. The van der Waals surface area contributed by atoms with E-state index >= 15 is 0 Å². The summed E-state index contributed by atoms with van der Waals surface area (Å²) < 4.78 is 36.3. The Morgan fingerprint density at radius 3 is 2.59 bits per heavy atom. The van der Waals surface area contributed by atoms with Crippen molar-refractivity contribution in [2.75, 3.05) is 0 Å². The van der Waals surface area contributed by atoms with Crippen LogP contribution in [0.2, 0.25) is 5.02 Å². The van der Waals surface area contributed by atoms with E-state index in [1.54, 1.807) is 43.3 Å². The summed E-state index contributed by atoms with van der Waals surface area (Å²) in [6, 6.07) is 12.2. The smallest absolute Gasteiger partial charge is 0.328 e. The van der Waals surface area contributed by atoms with E-state index in [1.807, 2.05) is 13.0 Å². The zero-order chi connectivity index (χ0) is 22.9. The van der Waals surface area contributed by atoms with Gasteiger partial charge in [-0.1, -0.05) is 53.9 Å². The predicted molar refractivity (Wildman–Crippen MR) is 119 cm³/mol. The molecule has 0 atom stereocenters. The summed E-state index contributed by atoms with van der Waals surface area (Å²) in [7, 11) is -3.96. The number of rotatable bonds is 6. The van der Waals surface area contributed by atoms with Crippen molar-refractivity contribution >= 4 is 27.4 Å². The molecule has 7 nitrogen and oxygen atoms in total. The van der Waals surface area contributed by atoms with Crippen LogP contribution in [0.25, 0.3) is 11.5 Å². The van der Waals surface area contributed by atoms with Crippen LogP contribution < -0.4 is 0 Å². The number of hydrogen-bond acceptors (Lipinski definition) is 7. The highest BCUT2D eigenvalue weighted by Crippen LogP contribution is 2.42. The average molecular weight is 475 g/mol. The van der Waals surface area contributed by atoms with E-state index in [0.29, 0.717) is 29.0 Å². The maximum absolute atomic E-state index is 13.6. The first-order valence-corrected chi connectivity index (χ1v) is 12.2. The molecule has 4 rings (SSSR count). The fourth-order valence-electron chi connectivity index (χ4n) is 4.05. The molecule has 2 aromatic carbocycles. The number of nitrogens with zero attached hydrogens (tertiary/aromatic N) is 2. The Morgan fingerprint density at radius 1 is 1.16 bits per heavy atom. The first-order valence-electron chi connectivity index (χ1n) is 10.3. The van der Waals surface area contributed by atoms with E-state index in [-0.39, 0.29) is 36.1 Å². The Labute approximate surface area is 191 Å². The van der Waals surface area contributed by atoms with Crippen LogP contribution in [0.15, 0.2) is 51.9 Å². The zero-order valence-corrected chi connectivity index (χ0v) is 19.4. The third-order valence-electron chi connectivity index (χ3n) is 5.84. The van der Waals surface area contributed by atoms with Crippen LogP contribution in [0.1, 0.15) is 42.6 Å². The lowest BCUT2D eigenvalue weighted by Crippen LogP contribution is -2.45. The summed E-state index contributed by atoms with van der Waals surface area (Å²) >= 11 is 6.15. The predicted octanol–water partition coefficient (Wildman–Crippen LogP) is 4.84. The number of ether oxygens (including phenoxy) is 1. The fraction of sp³-hybridized carbons (Fsp3) is 0.348.